The van der Waals surface area contributed by atoms with Crippen molar-refractivity contribution in [3.05, 3.63) is 52.2 Å². The molecule has 5 nitrogen and oxygen atoms in total. The Morgan fingerprint density at radius 2 is 2.00 bits per heavy atom. The van der Waals surface area contributed by atoms with E-state index in [4.69, 9.17) is 10.5 Å². The number of carbonyl (C=O) groups excluding carboxylic acids is 1. The Kier molecular flexibility index (Phi) is 9.24. The fourth-order valence-corrected chi connectivity index (χ4v) is 3.61. The molecule has 3 N–H and O–H groups in total. The number of halogens is 2. The molecule has 1 amide bonds. The van der Waals surface area contributed by atoms with Crippen LogP contribution in [-0.2, 0) is 4.74 Å². The number of nitrogens with two attached hydrogens (primary N) is 1. The Balaban J connectivity index is 0.00000156. The maximum atomic E-state index is 12.3. The normalized spacial score (nSPS) is 15.5. The van der Waals surface area contributed by atoms with E-state index in [2.05, 4.69) is 21.7 Å². The van der Waals surface area contributed by atoms with Gasteiger partial charge in [-0.1, -0.05) is 12.1 Å². The largest absolute Gasteiger partial charge is 0.399 e. The number of nitrogens with one attached hydrogen (secondary N) is 1. The zero-order valence-corrected chi connectivity index (χ0v) is 16.2. The van der Waals surface area contributed by atoms with Crippen LogP contribution >= 0.6 is 36.2 Å². The van der Waals surface area contributed by atoms with Crippen molar-refractivity contribution in [1.82, 2.24) is 10.2 Å². The van der Waals surface area contributed by atoms with Gasteiger partial charge in [0.15, 0.2) is 0 Å². The highest BCUT2D eigenvalue weighted by molar-refractivity contribution is 7.10. The fourth-order valence-electron chi connectivity index (χ4n) is 2.75. The molecule has 1 aromatic heterocycles. The lowest BCUT2D eigenvalue weighted by Gasteiger charge is -2.34. The SMILES string of the molecule is Cl.Cl.Nc1cccc(C(=O)NCC(c2cccs2)N2CCOCC2)c1. The minimum absolute atomic E-state index is 0. The molecule has 3 rings (SSSR count). The summed E-state index contributed by atoms with van der Waals surface area (Å²) in [5.41, 5.74) is 6.94. The number of amides is 1. The van der Waals surface area contributed by atoms with Crippen molar-refractivity contribution in [3.8, 4) is 0 Å². The average molecular weight is 404 g/mol. The Morgan fingerprint density at radius 1 is 1.24 bits per heavy atom. The number of hydrogen-bond donors (Lipinski definition) is 2. The van der Waals surface area contributed by atoms with Gasteiger partial charge in [0.05, 0.1) is 19.3 Å². The Morgan fingerprint density at radius 3 is 2.64 bits per heavy atom. The molecule has 2 heterocycles. The topological polar surface area (TPSA) is 67.6 Å². The van der Waals surface area contributed by atoms with E-state index in [0.717, 1.165) is 26.3 Å². The first-order chi connectivity index (χ1) is 11.2. The predicted molar refractivity (Wildman–Crippen MR) is 107 cm³/mol. The van der Waals surface area contributed by atoms with Crippen molar-refractivity contribution in [1.29, 1.82) is 0 Å². The van der Waals surface area contributed by atoms with Crippen molar-refractivity contribution in [2.24, 2.45) is 0 Å². The van der Waals surface area contributed by atoms with Crippen LogP contribution in [0.3, 0.4) is 0 Å². The van der Waals surface area contributed by atoms with Crippen LogP contribution in [0, 0.1) is 0 Å². The number of carbonyl (C=O) groups is 1. The second kappa shape index (κ2) is 10.6. The molecule has 0 radical (unpaired) electrons. The van der Waals surface area contributed by atoms with Crippen molar-refractivity contribution >= 4 is 47.7 Å². The standard InChI is InChI=1S/C17H21N3O2S.2ClH/c18-14-4-1-3-13(11-14)17(21)19-12-15(16-5-2-10-23-16)20-6-8-22-9-7-20;;/h1-5,10-11,15H,6-9,12,18H2,(H,19,21);2*1H. The molecular formula is C17H23Cl2N3O2S. The molecule has 1 aliphatic heterocycles. The van der Waals surface area contributed by atoms with Crippen LogP contribution < -0.4 is 11.1 Å². The minimum Gasteiger partial charge on any atom is -0.399 e. The van der Waals surface area contributed by atoms with Crippen LogP contribution in [0.1, 0.15) is 21.3 Å². The number of thiophene rings is 1. The molecule has 0 aliphatic carbocycles. The average Bonchev–Trinajstić information content (AvgIpc) is 3.10. The lowest BCUT2D eigenvalue weighted by atomic mass is 10.1. The van der Waals surface area contributed by atoms with Crippen molar-refractivity contribution in [2.75, 3.05) is 38.6 Å². The van der Waals surface area contributed by atoms with E-state index in [1.54, 1.807) is 35.6 Å². The second-order valence-corrected chi connectivity index (χ2v) is 6.49. The van der Waals surface area contributed by atoms with E-state index in [-0.39, 0.29) is 36.8 Å². The summed E-state index contributed by atoms with van der Waals surface area (Å²) in [6, 6.07) is 11.4. The summed E-state index contributed by atoms with van der Waals surface area (Å²) in [4.78, 5) is 16.0. The minimum atomic E-state index is -0.0906. The lowest BCUT2D eigenvalue weighted by molar-refractivity contribution is 0.0169. The summed E-state index contributed by atoms with van der Waals surface area (Å²) in [7, 11) is 0. The van der Waals surface area contributed by atoms with Crippen LogP contribution in [0.15, 0.2) is 41.8 Å². The molecule has 1 fully saturated rings. The number of morpholine rings is 1. The van der Waals surface area contributed by atoms with Gasteiger partial charge < -0.3 is 15.8 Å². The molecule has 8 heteroatoms. The highest BCUT2D eigenvalue weighted by atomic mass is 35.5. The van der Waals surface area contributed by atoms with Crippen molar-refractivity contribution in [3.63, 3.8) is 0 Å². The maximum absolute atomic E-state index is 12.3. The number of benzene rings is 1. The molecule has 25 heavy (non-hydrogen) atoms. The van der Waals surface area contributed by atoms with Gasteiger partial charge in [0.1, 0.15) is 0 Å². The van der Waals surface area contributed by atoms with Crippen LogP contribution in [0.5, 0.6) is 0 Å². The zero-order valence-electron chi connectivity index (χ0n) is 13.7. The molecule has 1 unspecified atom stereocenters. The fraction of sp³-hybridized carbons (Fsp3) is 0.353. The third-order valence-corrected chi connectivity index (χ3v) is 4.94. The quantitative estimate of drug-likeness (QED) is 0.752. The van der Waals surface area contributed by atoms with Crippen molar-refractivity contribution < 1.29 is 9.53 Å². The highest BCUT2D eigenvalue weighted by Crippen LogP contribution is 2.25. The summed E-state index contributed by atoms with van der Waals surface area (Å²) in [5, 5.41) is 5.11. The van der Waals surface area contributed by atoms with Gasteiger partial charge in [-0.3, -0.25) is 9.69 Å². The van der Waals surface area contributed by atoms with Crippen LogP contribution in [0.2, 0.25) is 0 Å². The molecule has 1 aliphatic rings. The summed E-state index contributed by atoms with van der Waals surface area (Å²) in [6.07, 6.45) is 0. The molecule has 0 saturated carbocycles. The Hall–Kier alpha value is -1.31. The van der Waals surface area contributed by atoms with E-state index in [0.29, 0.717) is 17.8 Å². The number of anilines is 1. The van der Waals surface area contributed by atoms with E-state index < -0.39 is 0 Å². The van der Waals surface area contributed by atoms with E-state index >= 15 is 0 Å². The number of hydrogen-bond acceptors (Lipinski definition) is 5. The first kappa shape index (κ1) is 21.7. The third-order valence-electron chi connectivity index (χ3n) is 3.96. The summed E-state index contributed by atoms with van der Waals surface area (Å²) >= 11 is 1.72. The van der Waals surface area contributed by atoms with Crippen molar-refractivity contribution in [2.45, 2.75) is 6.04 Å². The second-order valence-electron chi connectivity index (χ2n) is 5.52. The number of ether oxygens (including phenoxy) is 1. The molecule has 0 bridgehead atoms. The van der Waals surface area contributed by atoms with Gasteiger partial charge in [-0.2, -0.15) is 0 Å². The van der Waals surface area contributed by atoms with E-state index in [1.807, 2.05) is 6.07 Å². The molecule has 1 aromatic carbocycles. The van der Waals surface area contributed by atoms with Gasteiger partial charge in [-0.05, 0) is 29.6 Å². The summed E-state index contributed by atoms with van der Waals surface area (Å²) < 4.78 is 5.44. The van der Waals surface area contributed by atoms with E-state index in [1.165, 1.54) is 4.88 Å². The van der Waals surface area contributed by atoms with Gasteiger partial charge in [-0.25, -0.2) is 0 Å². The zero-order chi connectivity index (χ0) is 16.1. The Bertz CT molecular complexity index is 649. The van der Waals surface area contributed by atoms with Crippen LogP contribution in [0.4, 0.5) is 5.69 Å². The molecule has 1 atom stereocenters. The number of nitrogen functional groups attached to an aromatic ring is 1. The smallest absolute Gasteiger partial charge is 0.251 e. The molecular weight excluding hydrogens is 381 g/mol. The first-order valence-electron chi connectivity index (χ1n) is 7.73. The van der Waals surface area contributed by atoms with Gasteiger partial charge >= 0.3 is 0 Å². The van der Waals surface area contributed by atoms with Gasteiger partial charge in [0.25, 0.3) is 5.91 Å². The van der Waals surface area contributed by atoms with Gasteiger partial charge in [0, 0.05) is 35.8 Å². The van der Waals surface area contributed by atoms with E-state index in [9.17, 15) is 4.79 Å². The number of nitrogens with zero attached hydrogens (tertiary/aromatic N) is 1. The summed E-state index contributed by atoms with van der Waals surface area (Å²) in [5.74, 6) is -0.0906. The molecule has 2 aromatic rings. The monoisotopic (exact) mass is 403 g/mol. The Labute approximate surface area is 164 Å². The maximum Gasteiger partial charge on any atom is 0.251 e. The summed E-state index contributed by atoms with van der Waals surface area (Å²) in [6.45, 7) is 3.83. The lowest BCUT2D eigenvalue weighted by Crippen LogP contribution is -2.43. The first-order valence-corrected chi connectivity index (χ1v) is 8.61. The molecule has 0 spiro atoms. The molecule has 1 saturated heterocycles. The van der Waals surface area contributed by atoms with Crippen LogP contribution in [0.25, 0.3) is 0 Å². The van der Waals surface area contributed by atoms with Gasteiger partial charge in [-0.15, -0.1) is 36.2 Å². The predicted octanol–water partition coefficient (Wildman–Crippen LogP) is 2.98. The van der Waals surface area contributed by atoms with Crippen LogP contribution in [-0.4, -0.2) is 43.7 Å². The van der Waals surface area contributed by atoms with Gasteiger partial charge in [0.2, 0.25) is 0 Å². The molecule has 138 valence electrons. The highest BCUT2D eigenvalue weighted by Gasteiger charge is 2.24. The number of rotatable bonds is 5. The third kappa shape index (κ3) is 5.87.